The number of imidazole rings is 1. The molecule has 4 heterocycles. The zero-order valence-corrected chi connectivity index (χ0v) is 14.3. The molecule has 2 atom stereocenters. The van der Waals surface area contributed by atoms with Crippen LogP contribution in [-0.2, 0) is 6.18 Å². The maximum absolute atomic E-state index is 12.8. The summed E-state index contributed by atoms with van der Waals surface area (Å²) in [6.07, 6.45) is -1.04. The predicted molar refractivity (Wildman–Crippen MR) is 91.0 cm³/mol. The van der Waals surface area contributed by atoms with Gasteiger partial charge in [0.15, 0.2) is 0 Å². The first kappa shape index (κ1) is 18.5. The van der Waals surface area contributed by atoms with Crippen molar-refractivity contribution in [2.24, 2.45) is 0 Å². The lowest BCUT2D eigenvalue weighted by Gasteiger charge is -2.13. The minimum absolute atomic E-state index is 0.129. The Kier molecular flexibility index (Phi) is 4.61. The van der Waals surface area contributed by atoms with E-state index in [1.165, 1.54) is 29.2 Å². The number of anilines is 1. The lowest BCUT2D eigenvalue weighted by atomic mass is 10.2. The van der Waals surface area contributed by atoms with E-state index >= 15 is 0 Å². The maximum Gasteiger partial charge on any atom is 0.416 e. The van der Waals surface area contributed by atoms with Crippen LogP contribution in [0.2, 0.25) is 0 Å². The molecule has 0 bridgehead atoms. The number of alkyl halides is 5. The highest BCUT2D eigenvalue weighted by Gasteiger charge is 2.31. The molecule has 1 aliphatic heterocycles. The summed E-state index contributed by atoms with van der Waals surface area (Å²) in [5, 5.41) is 5.80. The normalized spacial score (nSPS) is 20.2. The monoisotopic (exact) mass is 398 g/mol. The quantitative estimate of drug-likeness (QED) is 0.661. The third-order valence-electron chi connectivity index (χ3n) is 4.56. The highest BCUT2D eigenvalue weighted by atomic mass is 19.4. The largest absolute Gasteiger partial charge is 0.416 e. The van der Waals surface area contributed by atoms with Gasteiger partial charge in [0, 0.05) is 18.8 Å². The maximum atomic E-state index is 12.8. The van der Waals surface area contributed by atoms with E-state index in [1.54, 1.807) is 0 Å². The van der Waals surface area contributed by atoms with E-state index in [9.17, 15) is 22.0 Å². The van der Waals surface area contributed by atoms with Crippen LogP contribution < -0.4 is 10.6 Å². The number of hydrogen-bond donors (Lipinski definition) is 2. The molecule has 0 spiro atoms. The number of rotatable bonds is 4. The molecule has 11 heteroatoms. The molecule has 0 aliphatic carbocycles. The standard InChI is InChI=1S/C17H15F5N6/c18-16(19)11-4-10(5-24-11)26-14-8-23-6-12(27-14)13-7-25-15-3-9(17(20,21)22)1-2-28(13)15/h1-3,6-8,10-11,16,24H,4-5H2,(H,26,27). The van der Waals surface area contributed by atoms with Gasteiger partial charge in [-0.05, 0) is 18.6 Å². The molecule has 3 aromatic rings. The first-order valence-electron chi connectivity index (χ1n) is 8.46. The van der Waals surface area contributed by atoms with Crippen LogP contribution in [0.4, 0.5) is 27.8 Å². The fraction of sp³-hybridized carbons (Fsp3) is 0.353. The summed E-state index contributed by atoms with van der Waals surface area (Å²) in [5.74, 6) is 0.390. The van der Waals surface area contributed by atoms with Crippen molar-refractivity contribution in [1.29, 1.82) is 0 Å². The molecule has 148 valence electrons. The second-order valence-corrected chi connectivity index (χ2v) is 6.50. The Morgan fingerprint density at radius 3 is 2.75 bits per heavy atom. The van der Waals surface area contributed by atoms with Gasteiger partial charge < -0.3 is 10.6 Å². The number of halogens is 5. The van der Waals surface area contributed by atoms with Gasteiger partial charge in [-0.2, -0.15) is 13.2 Å². The molecule has 28 heavy (non-hydrogen) atoms. The van der Waals surface area contributed by atoms with Crippen molar-refractivity contribution < 1.29 is 22.0 Å². The summed E-state index contributed by atoms with van der Waals surface area (Å²) in [6, 6.07) is 0.825. The highest BCUT2D eigenvalue weighted by molar-refractivity contribution is 5.61. The lowest BCUT2D eigenvalue weighted by Crippen LogP contribution is -2.28. The highest BCUT2D eigenvalue weighted by Crippen LogP contribution is 2.30. The topological polar surface area (TPSA) is 67.1 Å². The molecule has 1 fully saturated rings. The second kappa shape index (κ2) is 6.97. The van der Waals surface area contributed by atoms with Crippen LogP contribution in [0.3, 0.4) is 0 Å². The van der Waals surface area contributed by atoms with E-state index in [0.29, 0.717) is 23.8 Å². The van der Waals surface area contributed by atoms with Crippen LogP contribution in [0, 0.1) is 0 Å². The number of pyridine rings is 1. The molecule has 0 aromatic carbocycles. The van der Waals surface area contributed by atoms with Crippen molar-refractivity contribution in [1.82, 2.24) is 24.7 Å². The van der Waals surface area contributed by atoms with Crippen molar-refractivity contribution in [2.45, 2.75) is 31.1 Å². The molecule has 6 nitrogen and oxygen atoms in total. The first-order valence-corrected chi connectivity index (χ1v) is 8.46. The van der Waals surface area contributed by atoms with Crippen molar-refractivity contribution in [2.75, 3.05) is 11.9 Å². The van der Waals surface area contributed by atoms with Gasteiger partial charge in [0.2, 0.25) is 0 Å². The molecule has 2 unspecified atom stereocenters. The van der Waals surface area contributed by atoms with Gasteiger partial charge in [-0.3, -0.25) is 9.38 Å². The van der Waals surface area contributed by atoms with Gasteiger partial charge in [0.1, 0.15) is 17.2 Å². The zero-order chi connectivity index (χ0) is 19.9. The van der Waals surface area contributed by atoms with Crippen LogP contribution in [0.5, 0.6) is 0 Å². The minimum Gasteiger partial charge on any atom is -0.365 e. The van der Waals surface area contributed by atoms with Crippen LogP contribution in [0.15, 0.2) is 36.9 Å². The van der Waals surface area contributed by atoms with Crippen molar-refractivity contribution in [3.05, 3.63) is 42.5 Å². The predicted octanol–water partition coefficient (Wildman–Crippen LogP) is 3.22. The van der Waals surface area contributed by atoms with E-state index in [2.05, 4.69) is 25.6 Å². The minimum atomic E-state index is -4.46. The van der Waals surface area contributed by atoms with E-state index in [-0.39, 0.29) is 18.1 Å². The van der Waals surface area contributed by atoms with E-state index in [4.69, 9.17) is 0 Å². The smallest absolute Gasteiger partial charge is 0.365 e. The average molecular weight is 398 g/mol. The second-order valence-electron chi connectivity index (χ2n) is 6.50. The Hall–Kier alpha value is -2.82. The van der Waals surface area contributed by atoms with Gasteiger partial charge in [0.25, 0.3) is 6.43 Å². The Bertz CT molecular complexity index is 986. The number of aromatic nitrogens is 4. The van der Waals surface area contributed by atoms with Crippen LogP contribution in [0.1, 0.15) is 12.0 Å². The third-order valence-corrected chi connectivity index (χ3v) is 4.56. The van der Waals surface area contributed by atoms with Crippen LogP contribution in [-0.4, -0.2) is 44.4 Å². The number of nitrogens with zero attached hydrogens (tertiary/aromatic N) is 4. The first-order chi connectivity index (χ1) is 13.3. The molecule has 4 rings (SSSR count). The third kappa shape index (κ3) is 3.61. The van der Waals surface area contributed by atoms with E-state index in [0.717, 1.165) is 12.1 Å². The van der Waals surface area contributed by atoms with Crippen molar-refractivity contribution in [3.63, 3.8) is 0 Å². The summed E-state index contributed by atoms with van der Waals surface area (Å²) in [6.45, 7) is 0.372. The molecule has 1 saturated heterocycles. The molecule has 3 aromatic heterocycles. The average Bonchev–Trinajstić information content (AvgIpc) is 3.27. The summed E-state index contributed by atoms with van der Waals surface area (Å²) >= 11 is 0. The number of fused-ring (bicyclic) bond motifs is 1. The van der Waals surface area contributed by atoms with Crippen molar-refractivity contribution >= 4 is 11.5 Å². The molecule has 0 saturated carbocycles. The van der Waals surface area contributed by atoms with Crippen molar-refractivity contribution in [3.8, 4) is 11.4 Å². The fourth-order valence-electron chi connectivity index (χ4n) is 3.18. The van der Waals surface area contributed by atoms with Crippen LogP contribution in [0.25, 0.3) is 17.0 Å². The van der Waals surface area contributed by atoms with E-state index in [1.807, 2.05) is 0 Å². The SMILES string of the molecule is FC(F)C1CC(Nc2cncc(-c3cnc4cc(C(F)(F)F)ccn34)n2)CN1. The summed E-state index contributed by atoms with van der Waals surface area (Å²) < 4.78 is 65.5. The van der Waals surface area contributed by atoms with Gasteiger partial charge in [0.05, 0.1) is 35.9 Å². The molecule has 0 amide bonds. The molecule has 2 N–H and O–H groups in total. The lowest BCUT2D eigenvalue weighted by molar-refractivity contribution is -0.137. The molecule has 1 aliphatic rings. The van der Waals surface area contributed by atoms with Gasteiger partial charge in [-0.15, -0.1) is 0 Å². The number of hydrogen-bond acceptors (Lipinski definition) is 5. The van der Waals surface area contributed by atoms with Gasteiger partial charge >= 0.3 is 6.18 Å². The molecular formula is C17H15F5N6. The van der Waals surface area contributed by atoms with Gasteiger partial charge in [-0.1, -0.05) is 0 Å². The zero-order valence-electron chi connectivity index (χ0n) is 14.3. The van der Waals surface area contributed by atoms with E-state index < -0.39 is 24.2 Å². The Morgan fingerprint density at radius 2 is 2.04 bits per heavy atom. The fourth-order valence-corrected chi connectivity index (χ4v) is 3.18. The Balaban J connectivity index is 1.58. The summed E-state index contributed by atoms with van der Waals surface area (Å²) in [7, 11) is 0. The Morgan fingerprint density at radius 1 is 1.21 bits per heavy atom. The number of nitrogens with one attached hydrogen (secondary N) is 2. The summed E-state index contributed by atoms with van der Waals surface area (Å²) in [4.78, 5) is 12.5. The van der Waals surface area contributed by atoms with Crippen LogP contribution >= 0.6 is 0 Å². The molecular weight excluding hydrogens is 383 g/mol. The summed E-state index contributed by atoms with van der Waals surface area (Å²) in [5.41, 5.74) is 0.203. The molecule has 0 radical (unpaired) electrons. The Labute approximate surface area is 155 Å². The van der Waals surface area contributed by atoms with Gasteiger partial charge in [-0.25, -0.2) is 18.7 Å².